The van der Waals surface area contributed by atoms with Crippen molar-refractivity contribution in [3.63, 3.8) is 0 Å². The fraction of sp³-hybridized carbons (Fsp3) is 0.818. The maximum absolute atomic E-state index is 4.02. The van der Waals surface area contributed by atoms with E-state index < -0.39 is 0 Å². The van der Waals surface area contributed by atoms with Crippen molar-refractivity contribution in [2.24, 2.45) is 29.6 Å². The van der Waals surface area contributed by atoms with Crippen LogP contribution < -0.4 is 0 Å². The molecule has 8 atom stereocenters. The Bertz CT molecular complexity index is 379. The van der Waals surface area contributed by atoms with E-state index in [0.29, 0.717) is 9.65 Å². The average Bonchev–Trinajstić information content (AvgIpc) is 2.79. The zero-order valence-corrected chi connectivity index (χ0v) is 14.2. The van der Waals surface area contributed by atoms with Crippen LogP contribution in [-0.4, -0.2) is 14.0 Å². The minimum absolute atomic E-state index is 0.225. The van der Waals surface area contributed by atoms with E-state index >= 15 is 0 Å². The molecule has 0 spiro atoms. The second kappa shape index (κ2) is 2.97. The van der Waals surface area contributed by atoms with Gasteiger partial charge in [0.1, 0.15) is 0 Å². The summed E-state index contributed by atoms with van der Waals surface area (Å²) >= 11 is 15.7. The molecule has 4 rings (SSSR count). The maximum atomic E-state index is 4.02. The van der Waals surface area contributed by atoms with Crippen LogP contribution in [0, 0.1) is 29.6 Å². The van der Waals surface area contributed by atoms with Gasteiger partial charge in [-0.05, 0) is 40.5 Å². The molecule has 0 amide bonds. The third kappa shape index (κ3) is 0.978. The van der Waals surface area contributed by atoms with Crippen LogP contribution in [0.25, 0.3) is 0 Å². The van der Waals surface area contributed by atoms with E-state index in [1.165, 1.54) is 10.9 Å². The molecule has 0 unspecified atom stereocenters. The average molecular weight is 462 g/mol. The summed E-state index contributed by atoms with van der Waals surface area (Å²) < 4.78 is 1.67. The lowest BCUT2D eigenvalue weighted by atomic mass is 9.81. The summed E-state index contributed by atoms with van der Waals surface area (Å²) in [6, 6.07) is 0. The van der Waals surface area contributed by atoms with Crippen molar-refractivity contribution < 1.29 is 0 Å². The van der Waals surface area contributed by atoms with Gasteiger partial charge in [-0.25, -0.2) is 0 Å². The number of hydrogen-bond donors (Lipinski definition) is 0. The van der Waals surface area contributed by atoms with Crippen molar-refractivity contribution in [1.82, 2.24) is 0 Å². The van der Waals surface area contributed by atoms with Crippen LogP contribution in [0.15, 0.2) is 10.6 Å². The summed E-state index contributed by atoms with van der Waals surface area (Å²) in [6.45, 7) is 0. The molecule has 15 heavy (non-hydrogen) atoms. The molecule has 0 saturated heterocycles. The highest BCUT2D eigenvalue weighted by Crippen LogP contribution is 2.75. The Labute approximate surface area is 123 Å². The molecule has 3 fully saturated rings. The summed E-state index contributed by atoms with van der Waals surface area (Å²) in [5, 5.41) is 0. The van der Waals surface area contributed by atoms with Gasteiger partial charge in [0.05, 0.1) is 4.32 Å². The molecule has 4 aliphatic carbocycles. The Hall–Kier alpha value is 1.66. The highest BCUT2D eigenvalue weighted by atomic mass is 79.9. The zero-order chi connectivity index (χ0) is 10.5. The zero-order valence-electron chi connectivity index (χ0n) is 7.84. The molecule has 0 heterocycles. The molecule has 0 aliphatic heterocycles. The van der Waals surface area contributed by atoms with Crippen LogP contribution in [-0.2, 0) is 0 Å². The van der Waals surface area contributed by atoms with E-state index in [-0.39, 0.29) is 4.32 Å². The van der Waals surface area contributed by atoms with E-state index in [1.807, 2.05) is 0 Å². The maximum Gasteiger partial charge on any atom is 0.0612 e. The number of alkyl halides is 3. The van der Waals surface area contributed by atoms with Gasteiger partial charge in [-0.2, -0.15) is 0 Å². The predicted octanol–water partition coefficient (Wildman–Crippen LogP) is 4.45. The van der Waals surface area contributed by atoms with Gasteiger partial charge in [0.2, 0.25) is 0 Å². The number of fused-ring (bicyclic) bond motifs is 2. The molecule has 0 nitrogen and oxygen atoms in total. The van der Waals surface area contributed by atoms with E-state index in [1.54, 1.807) is 0 Å². The molecule has 3 saturated carbocycles. The number of allylic oxidation sites excluding steroid dienone is 2. The Morgan fingerprint density at radius 2 is 2.00 bits per heavy atom. The van der Waals surface area contributed by atoms with Crippen molar-refractivity contribution in [3.8, 4) is 0 Å². The lowest BCUT2D eigenvalue weighted by molar-refractivity contribution is 0.286. The van der Waals surface area contributed by atoms with Gasteiger partial charge >= 0.3 is 0 Å². The first-order chi connectivity index (χ1) is 7.05. The van der Waals surface area contributed by atoms with Crippen LogP contribution in [0.4, 0.5) is 0 Å². The van der Waals surface area contributed by atoms with E-state index in [2.05, 4.69) is 69.8 Å². The standard InChI is InChI=1S/C11H10Br4/c12-5-2-11(15)8-3-1-4(6(5)8)9(13)7(3)10(11)14/h2-4,6-10H,1H2/t3-,4+,6-,7+,8+,9-,10-,11-/m1/s1. The largest absolute Gasteiger partial charge is 0.0884 e. The molecular weight excluding hydrogens is 452 g/mol. The SMILES string of the molecule is BrC1=C[C@@]2(Br)[C@H]3[C@@H]4C[C@H]([C@@H](Br)[C@H]4[C@H]2Br)[C@H]13. The summed E-state index contributed by atoms with van der Waals surface area (Å²) in [4.78, 5) is 1.31. The minimum atomic E-state index is 0.225. The molecule has 82 valence electrons. The Morgan fingerprint density at radius 3 is 2.73 bits per heavy atom. The summed E-state index contributed by atoms with van der Waals surface area (Å²) in [7, 11) is 0. The Kier molecular flexibility index (Phi) is 2.09. The first-order valence-corrected chi connectivity index (χ1v) is 8.82. The molecule has 0 aromatic carbocycles. The molecule has 0 N–H and O–H groups in total. The summed E-state index contributed by atoms with van der Waals surface area (Å²) in [5.74, 6) is 4.21. The van der Waals surface area contributed by atoms with Gasteiger partial charge in [-0.1, -0.05) is 69.8 Å². The first-order valence-electron chi connectivity index (χ1n) is 5.41. The van der Waals surface area contributed by atoms with Crippen LogP contribution in [0.1, 0.15) is 6.42 Å². The first kappa shape index (κ1) is 10.6. The molecular formula is C11H10Br4. The molecule has 2 bridgehead atoms. The third-order valence-electron chi connectivity index (χ3n) is 5.07. The van der Waals surface area contributed by atoms with Crippen LogP contribution in [0.2, 0.25) is 0 Å². The topological polar surface area (TPSA) is 0 Å². The molecule has 4 aliphatic rings. The highest BCUT2D eigenvalue weighted by Gasteiger charge is 2.73. The van der Waals surface area contributed by atoms with Crippen LogP contribution >= 0.6 is 63.7 Å². The van der Waals surface area contributed by atoms with E-state index in [0.717, 1.165) is 29.6 Å². The highest BCUT2D eigenvalue weighted by molar-refractivity contribution is 9.13. The van der Waals surface area contributed by atoms with Gasteiger partial charge in [0.15, 0.2) is 0 Å². The normalized spacial score (nSPS) is 69.1. The number of hydrogen-bond acceptors (Lipinski definition) is 0. The third-order valence-corrected chi connectivity index (χ3v) is 10.4. The monoisotopic (exact) mass is 458 g/mol. The van der Waals surface area contributed by atoms with Crippen molar-refractivity contribution >= 4 is 63.7 Å². The van der Waals surface area contributed by atoms with Crippen molar-refractivity contribution in [3.05, 3.63) is 10.6 Å². The fourth-order valence-electron chi connectivity index (χ4n) is 4.71. The number of rotatable bonds is 0. The van der Waals surface area contributed by atoms with Gasteiger partial charge in [0, 0.05) is 9.65 Å². The quantitative estimate of drug-likeness (QED) is 0.468. The van der Waals surface area contributed by atoms with Crippen molar-refractivity contribution in [2.45, 2.75) is 20.4 Å². The number of halogens is 4. The molecule has 0 aromatic heterocycles. The van der Waals surface area contributed by atoms with Crippen molar-refractivity contribution in [2.75, 3.05) is 0 Å². The smallest absolute Gasteiger partial charge is 0.0612 e. The minimum Gasteiger partial charge on any atom is -0.0884 e. The lowest BCUT2D eigenvalue weighted by Gasteiger charge is -2.30. The molecule has 0 radical (unpaired) electrons. The Morgan fingerprint density at radius 1 is 1.27 bits per heavy atom. The van der Waals surface area contributed by atoms with Gasteiger partial charge in [-0.15, -0.1) is 0 Å². The second-order valence-electron chi connectivity index (χ2n) is 5.40. The summed E-state index contributed by atoms with van der Waals surface area (Å²) in [6.07, 6.45) is 3.86. The van der Waals surface area contributed by atoms with Gasteiger partial charge < -0.3 is 0 Å². The Balaban J connectivity index is 1.96. The van der Waals surface area contributed by atoms with Crippen LogP contribution in [0.3, 0.4) is 0 Å². The van der Waals surface area contributed by atoms with Crippen molar-refractivity contribution in [1.29, 1.82) is 0 Å². The lowest BCUT2D eigenvalue weighted by Crippen LogP contribution is -2.30. The van der Waals surface area contributed by atoms with Gasteiger partial charge in [0.25, 0.3) is 0 Å². The predicted molar refractivity (Wildman–Crippen MR) is 76.2 cm³/mol. The fourth-order valence-corrected chi connectivity index (χ4v) is 10.0. The second-order valence-corrected chi connectivity index (χ2v) is 9.73. The van der Waals surface area contributed by atoms with E-state index in [9.17, 15) is 0 Å². The molecule has 4 heteroatoms. The summed E-state index contributed by atoms with van der Waals surface area (Å²) in [5.41, 5.74) is 0. The van der Waals surface area contributed by atoms with Gasteiger partial charge in [-0.3, -0.25) is 0 Å². The molecule has 0 aromatic rings. The van der Waals surface area contributed by atoms with E-state index in [4.69, 9.17) is 0 Å². The van der Waals surface area contributed by atoms with Crippen LogP contribution in [0.5, 0.6) is 0 Å².